The highest BCUT2D eigenvalue weighted by atomic mass is 79.9. The van der Waals surface area contributed by atoms with Crippen LogP contribution < -0.4 is 10.6 Å². The largest absolute Gasteiger partial charge is 0.351 e. The second-order valence-electron chi connectivity index (χ2n) is 6.53. The first-order valence-corrected chi connectivity index (χ1v) is 11.1. The number of carbonyl (C=O) groups is 2. The molecule has 0 radical (unpaired) electrons. The SMILES string of the molecule is Cc1noc(CSc2ccccc2C(=O)NCCC(=O)Nc2cc(Br)ccc2C)n1. The normalized spacial score (nSPS) is 10.6. The third kappa shape index (κ3) is 6.17. The first-order chi connectivity index (χ1) is 14.4. The monoisotopic (exact) mass is 488 g/mol. The van der Waals surface area contributed by atoms with Crippen molar-refractivity contribution in [1.29, 1.82) is 0 Å². The van der Waals surface area contributed by atoms with Crippen molar-refractivity contribution >= 4 is 45.2 Å². The summed E-state index contributed by atoms with van der Waals surface area (Å²) in [5.74, 6) is 1.16. The number of amides is 2. The maximum atomic E-state index is 12.6. The van der Waals surface area contributed by atoms with E-state index in [-0.39, 0.29) is 24.8 Å². The van der Waals surface area contributed by atoms with Gasteiger partial charge in [0.05, 0.1) is 11.3 Å². The first-order valence-electron chi connectivity index (χ1n) is 9.27. The molecule has 1 aromatic heterocycles. The molecule has 0 saturated carbocycles. The van der Waals surface area contributed by atoms with Gasteiger partial charge in [0.25, 0.3) is 5.91 Å². The van der Waals surface area contributed by atoms with Crippen LogP contribution in [0.4, 0.5) is 5.69 Å². The second kappa shape index (κ2) is 10.4. The Morgan fingerprint density at radius 1 is 1.17 bits per heavy atom. The van der Waals surface area contributed by atoms with Crippen LogP contribution in [-0.4, -0.2) is 28.5 Å². The number of rotatable bonds is 8. The number of carbonyl (C=O) groups excluding carboxylic acids is 2. The van der Waals surface area contributed by atoms with Crippen LogP contribution in [0.1, 0.15) is 34.1 Å². The molecule has 3 aromatic rings. The van der Waals surface area contributed by atoms with Crippen molar-refractivity contribution in [2.75, 3.05) is 11.9 Å². The average molecular weight is 489 g/mol. The number of hydrogen-bond acceptors (Lipinski definition) is 6. The molecule has 9 heteroatoms. The van der Waals surface area contributed by atoms with Gasteiger partial charge in [-0.3, -0.25) is 9.59 Å². The molecule has 1 heterocycles. The highest BCUT2D eigenvalue weighted by molar-refractivity contribution is 9.10. The van der Waals surface area contributed by atoms with E-state index in [9.17, 15) is 9.59 Å². The van der Waals surface area contributed by atoms with Gasteiger partial charge in [-0.25, -0.2) is 0 Å². The molecular formula is C21H21BrN4O3S. The zero-order valence-corrected chi connectivity index (χ0v) is 19.0. The van der Waals surface area contributed by atoms with E-state index in [1.807, 2.05) is 37.3 Å². The average Bonchev–Trinajstić information content (AvgIpc) is 3.14. The molecule has 2 aromatic carbocycles. The molecule has 0 aliphatic heterocycles. The quantitative estimate of drug-likeness (QED) is 0.453. The number of nitrogens with zero attached hydrogens (tertiary/aromatic N) is 2. The zero-order chi connectivity index (χ0) is 21.5. The summed E-state index contributed by atoms with van der Waals surface area (Å²) in [5, 5.41) is 9.44. The van der Waals surface area contributed by atoms with Crippen molar-refractivity contribution in [2.24, 2.45) is 0 Å². The predicted octanol–water partition coefficient (Wildman–Crippen LogP) is 4.50. The Bertz CT molecular complexity index is 1050. The molecule has 0 spiro atoms. The minimum absolute atomic E-state index is 0.161. The Hall–Kier alpha value is -2.65. The van der Waals surface area contributed by atoms with Crippen LogP contribution >= 0.6 is 27.7 Å². The van der Waals surface area contributed by atoms with Crippen LogP contribution in [-0.2, 0) is 10.5 Å². The van der Waals surface area contributed by atoms with E-state index in [4.69, 9.17) is 4.52 Å². The van der Waals surface area contributed by atoms with E-state index in [0.29, 0.717) is 23.0 Å². The lowest BCUT2D eigenvalue weighted by Crippen LogP contribution is -2.28. The first kappa shape index (κ1) is 22.0. The van der Waals surface area contributed by atoms with E-state index in [2.05, 4.69) is 36.7 Å². The van der Waals surface area contributed by atoms with Crippen molar-refractivity contribution < 1.29 is 14.1 Å². The van der Waals surface area contributed by atoms with Crippen molar-refractivity contribution in [3.63, 3.8) is 0 Å². The molecule has 2 N–H and O–H groups in total. The third-order valence-corrected chi connectivity index (χ3v) is 5.72. The van der Waals surface area contributed by atoms with Gasteiger partial charge in [-0.15, -0.1) is 11.8 Å². The number of nitrogens with one attached hydrogen (secondary N) is 2. The standard InChI is InChI=1S/C21H21BrN4O3S/c1-13-7-8-15(22)11-17(13)25-19(27)9-10-23-21(28)16-5-3-4-6-18(16)30-12-20-24-14(2)26-29-20/h3-8,11H,9-10,12H2,1-2H3,(H,23,28)(H,25,27). The molecule has 0 bridgehead atoms. The summed E-state index contributed by atoms with van der Waals surface area (Å²) in [6.45, 7) is 3.92. The molecular weight excluding hydrogens is 468 g/mol. The van der Waals surface area contributed by atoms with E-state index >= 15 is 0 Å². The maximum Gasteiger partial charge on any atom is 0.252 e. The van der Waals surface area contributed by atoms with Gasteiger partial charge in [-0.2, -0.15) is 4.98 Å². The molecule has 3 rings (SSSR count). The minimum atomic E-state index is -0.230. The number of benzene rings is 2. The molecule has 2 amide bonds. The second-order valence-corrected chi connectivity index (χ2v) is 8.47. The molecule has 0 aliphatic carbocycles. The van der Waals surface area contributed by atoms with Crippen LogP contribution in [0.5, 0.6) is 0 Å². The molecule has 156 valence electrons. The van der Waals surface area contributed by atoms with Crippen molar-refractivity contribution in [2.45, 2.75) is 30.9 Å². The van der Waals surface area contributed by atoms with Crippen LogP contribution in [0.15, 0.2) is 56.4 Å². The molecule has 0 unspecified atom stereocenters. The molecule has 0 atom stereocenters. The van der Waals surface area contributed by atoms with Crippen LogP contribution in [0.3, 0.4) is 0 Å². The van der Waals surface area contributed by atoms with Gasteiger partial charge in [0.2, 0.25) is 11.8 Å². The Balaban J connectivity index is 1.52. The number of aryl methyl sites for hydroxylation is 2. The van der Waals surface area contributed by atoms with Crippen molar-refractivity contribution in [1.82, 2.24) is 15.5 Å². The maximum absolute atomic E-state index is 12.6. The number of halogens is 1. The highest BCUT2D eigenvalue weighted by Crippen LogP contribution is 2.26. The summed E-state index contributed by atoms with van der Waals surface area (Å²) in [5.41, 5.74) is 2.26. The van der Waals surface area contributed by atoms with Crippen LogP contribution in [0.25, 0.3) is 0 Å². The van der Waals surface area contributed by atoms with Gasteiger partial charge in [-0.1, -0.05) is 39.3 Å². The third-order valence-electron chi connectivity index (χ3n) is 4.16. The van der Waals surface area contributed by atoms with E-state index in [0.717, 1.165) is 20.6 Å². The van der Waals surface area contributed by atoms with E-state index < -0.39 is 0 Å². The van der Waals surface area contributed by atoms with Gasteiger partial charge in [0.15, 0.2) is 5.82 Å². The minimum Gasteiger partial charge on any atom is -0.351 e. The van der Waals surface area contributed by atoms with Crippen LogP contribution in [0, 0.1) is 13.8 Å². The smallest absolute Gasteiger partial charge is 0.252 e. The van der Waals surface area contributed by atoms with Gasteiger partial charge in [0, 0.05) is 28.0 Å². The lowest BCUT2D eigenvalue weighted by atomic mass is 10.2. The fourth-order valence-corrected chi connectivity index (χ4v) is 3.89. The number of anilines is 1. The summed E-state index contributed by atoms with van der Waals surface area (Å²) in [6.07, 6.45) is 0.175. The molecule has 0 aliphatic rings. The Morgan fingerprint density at radius 3 is 2.73 bits per heavy atom. The number of hydrogen-bond donors (Lipinski definition) is 2. The topological polar surface area (TPSA) is 97.1 Å². The predicted molar refractivity (Wildman–Crippen MR) is 119 cm³/mol. The van der Waals surface area contributed by atoms with Crippen LogP contribution in [0.2, 0.25) is 0 Å². The summed E-state index contributed by atoms with van der Waals surface area (Å²) >= 11 is 4.84. The number of aromatic nitrogens is 2. The van der Waals surface area contributed by atoms with Crippen molar-refractivity contribution in [3.05, 3.63) is 69.8 Å². The molecule has 0 fully saturated rings. The fourth-order valence-electron chi connectivity index (χ4n) is 2.64. The fraction of sp³-hybridized carbons (Fsp3) is 0.238. The van der Waals surface area contributed by atoms with Gasteiger partial charge in [-0.05, 0) is 43.7 Å². The van der Waals surface area contributed by atoms with E-state index in [1.54, 1.807) is 19.1 Å². The summed E-state index contributed by atoms with van der Waals surface area (Å²) in [6, 6.07) is 13.0. The molecule has 0 saturated heterocycles. The Kier molecular flexibility index (Phi) is 7.64. The Morgan fingerprint density at radius 2 is 1.97 bits per heavy atom. The van der Waals surface area contributed by atoms with Gasteiger partial charge >= 0.3 is 0 Å². The van der Waals surface area contributed by atoms with E-state index in [1.165, 1.54) is 11.8 Å². The van der Waals surface area contributed by atoms with Crippen molar-refractivity contribution in [3.8, 4) is 0 Å². The lowest BCUT2D eigenvalue weighted by molar-refractivity contribution is -0.116. The zero-order valence-electron chi connectivity index (χ0n) is 16.6. The summed E-state index contributed by atoms with van der Waals surface area (Å²) in [4.78, 5) is 29.8. The summed E-state index contributed by atoms with van der Waals surface area (Å²) in [7, 11) is 0. The van der Waals surface area contributed by atoms with Gasteiger partial charge in [0.1, 0.15) is 0 Å². The highest BCUT2D eigenvalue weighted by Gasteiger charge is 2.13. The van der Waals surface area contributed by atoms with Gasteiger partial charge < -0.3 is 15.2 Å². The molecule has 30 heavy (non-hydrogen) atoms. The lowest BCUT2D eigenvalue weighted by Gasteiger charge is -2.11. The summed E-state index contributed by atoms with van der Waals surface area (Å²) < 4.78 is 6.00. The Labute approximate surface area is 187 Å². The molecule has 7 nitrogen and oxygen atoms in total. The number of thioether (sulfide) groups is 1.